The lowest BCUT2D eigenvalue weighted by molar-refractivity contribution is 0.0835. The van der Waals surface area contributed by atoms with Crippen LogP contribution in [0.5, 0.6) is 0 Å². The van der Waals surface area contributed by atoms with Crippen molar-refractivity contribution in [2.24, 2.45) is 5.92 Å². The Bertz CT molecular complexity index is 831. The molecule has 2 aliphatic heterocycles. The van der Waals surface area contributed by atoms with Gasteiger partial charge in [0.15, 0.2) is 0 Å². The first-order valence-electron chi connectivity index (χ1n) is 8.23. The highest BCUT2D eigenvalue weighted by Crippen LogP contribution is 2.30. The number of β-amino-alcohol motifs (C(OH)–C–C–N with tert-alkyl or cyclic N) is 1. The highest BCUT2D eigenvalue weighted by molar-refractivity contribution is 7.90. The Balaban J connectivity index is 0.00000261. The van der Waals surface area contributed by atoms with Crippen molar-refractivity contribution >= 4 is 34.2 Å². The normalized spacial score (nSPS) is 23.0. The molecule has 1 saturated heterocycles. The maximum atomic E-state index is 12.6. The molecule has 2 unspecified atom stereocenters. The van der Waals surface area contributed by atoms with Crippen LogP contribution in [0.4, 0.5) is 0 Å². The second kappa shape index (κ2) is 8.53. The van der Waals surface area contributed by atoms with Gasteiger partial charge in [-0.1, -0.05) is 0 Å². The second-order valence-electron chi connectivity index (χ2n) is 6.28. The zero-order chi connectivity index (χ0) is 18.9. The molecule has 150 valence electrons. The van der Waals surface area contributed by atoms with Crippen LogP contribution in [-0.2, 0) is 14.8 Å². The SMILES string of the molecule is COCCN1C(=O)c2ccc(C(=O)NCC3CNCC3O)cc2S1(=O)=O.Cl. The number of fused-ring (bicyclic) bond motifs is 1. The number of sulfonamides is 1. The van der Waals surface area contributed by atoms with Crippen LogP contribution in [0.15, 0.2) is 23.1 Å². The molecule has 1 aromatic rings. The fourth-order valence-corrected chi connectivity index (χ4v) is 4.64. The molecule has 0 aliphatic carbocycles. The van der Waals surface area contributed by atoms with Gasteiger partial charge in [0.25, 0.3) is 21.8 Å². The predicted molar refractivity (Wildman–Crippen MR) is 98.5 cm³/mol. The van der Waals surface area contributed by atoms with Crippen LogP contribution in [0.2, 0.25) is 0 Å². The second-order valence-corrected chi connectivity index (χ2v) is 8.11. The molecule has 2 amide bonds. The first-order chi connectivity index (χ1) is 12.4. The number of carbonyl (C=O) groups excluding carboxylic acids is 2. The van der Waals surface area contributed by atoms with Crippen LogP contribution in [0.3, 0.4) is 0 Å². The number of benzene rings is 1. The van der Waals surface area contributed by atoms with Gasteiger partial charge in [-0.15, -0.1) is 12.4 Å². The maximum Gasteiger partial charge on any atom is 0.269 e. The van der Waals surface area contributed by atoms with Crippen molar-refractivity contribution in [3.05, 3.63) is 29.3 Å². The number of rotatable bonds is 6. The van der Waals surface area contributed by atoms with Gasteiger partial charge in [0.1, 0.15) is 4.90 Å². The summed E-state index contributed by atoms with van der Waals surface area (Å²) in [7, 11) is -2.57. The van der Waals surface area contributed by atoms with Crippen molar-refractivity contribution in [3.8, 4) is 0 Å². The predicted octanol–water partition coefficient (Wildman–Crippen LogP) is -0.791. The van der Waals surface area contributed by atoms with Gasteiger partial charge >= 0.3 is 0 Å². The largest absolute Gasteiger partial charge is 0.391 e. The lowest BCUT2D eigenvalue weighted by Crippen LogP contribution is -2.34. The van der Waals surface area contributed by atoms with Gasteiger partial charge < -0.3 is 20.5 Å². The monoisotopic (exact) mass is 419 g/mol. The molecule has 0 radical (unpaired) electrons. The summed E-state index contributed by atoms with van der Waals surface area (Å²) < 4.78 is 30.7. The molecule has 2 aliphatic rings. The molecular formula is C16H22ClN3O6S. The van der Waals surface area contributed by atoms with Gasteiger partial charge in [-0.3, -0.25) is 9.59 Å². The molecular weight excluding hydrogens is 398 g/mol. The first kappa shape index (κ1) is 21.6. The van der Waals surface area contributed by atoms with E-state index in [0.29, 0.717) is 13.1 Å². The number of halogens is 1. The zero-order valence-corrected chi connectivity index (χ0v) is 16.3. The Kier molecular flexibility index (Phi) is 6.82. The molecule has 3 N–H and O–H groups in total. The Hall–Kier alpha value is -1.72. The average Bonchev–Trinajstić information content (AvgIpc) is 3.11. The zero-order valence-electron chi connectivity index (χ0n) is 14.7. The van der Waals surface area contributed by atoms with E-state index in [4.69, 9.17) is 4.74 Å². The number of amides is 2. The standard InChI is InChI=1S/C16H21N3O6S.ClH/c1-25-5-4-19-16(22)12-3-2-10(6-14(12)26(19,23)24)15(21)18-8-11-7-17-9-13(11)20;/h2-3,6,11,13,17,20H,4-5,7-9H2,1H3,(H,18,21);1H. The minimum Gasteiger partial charge on any atom is -0.391 e. The van der Waals surface area contributed by atoms with E-state index in [1.165, 1.54) is 25.3 Å². The molecule has 27 heavy (non-hydrogen) atoms. The van der Waals surface area contributed by atoms with Crippen LogP contribution in [-0.4, -0.2) is 75.6 Å². The lowest BCUT2D eigenvalue weighted by atomic mass is 10.1. The number of nitrogens with one attached hydrogen (secondary N) is 2. The maximum absolute atomic E-state index is 12.6. The summed E-state index contributed by atoms with van der Waals surface area (Å²) in [5, 5.41) is 15.5. The number of ether oxygens (including phenoxy) is 1. The van der Waals surface area contributed by atoms with E-state index in [-0.39, 0.29) is 54.0 Å². The summed E-state index contributed by atoms with van der Waals surface area (Å²) in [4.78, 5) is 24.4. The minimum atomic E-state index is -3.99. The fraction of sp³-hybridized carbons (Fsp3) is 0.500. The molecule has 1 fully saturated rings. The molecule has 11 heteroatoms. The van der Waals surface area contributed by atoms with E-state index in [1.54, 1.807) is 0 Å². The van der Waals surface area contributed by atoms with Gasteiger partial charge in [-0.2, -0.15) is 0 Å². The highest BCUT2D eigenvalue weighted by atomic mass is 35.5. The molecule has 9 nitrogen and oxygen atoms in total. The van der Waals surface area contributed by atoms with Crippen molar-refractivity contribution in [2.75, 3.05) is 39.9 Å². The van der Waals surface area contributed by atoms with Crippen LogP contribution in [0.25, 0.3) is 0 Å². The number of carbonyl (C=O) groups is 2. The van der Waals surface area contributed by atoms with Crippen molar-refractivity contribution in [1.82, 2.24) is 14.9 Å². The van der Waals surface area contributed by atoms with Crippen LogP contribution in [0, 0.1) is 5.92 Å². The van der Waals surface area contributed by atoms with Crippen LogP contribution in [0.1, 0.15) is 20.7 Å². The van der Waals surface area contributed by atoms with Crippen LogP contribution >= 0.6 is 12.4 Å². The molecule has 2 atom stereocenters. The number of hydrogen-bond acceptors (Lipinski definition) is 7. The molecule has 0 saturated carbocycles. The summed E-state index contributed by atoms with van der Waals surface area (Å²) in [5.41, 5.74) is 0.197. The fourth-order valence-electron chi connectivity index (χ4n) is 3.07. The summed E-state index contributed by atoms with van der Waals surface area (Å²) in [6.07, 6.45) is -0.525. The lowest BCUT2D eigenvalue weighted by Gasteiger charge is -2.14. The van der Waals surface area contributed by atoms with Gasteiger partial charge in [0.05, 0.1) is 24.8 Å². The Morgan fingerprint density at radius 3 is 2.78 bits per heavy atom. The van der Waals surface area contributed by atoms with E-state index in [2.05, 4.69) is 10.6 Å². The first-order valence-corrected chi connectivity index (χ1v) is 9.67. The summed E-state index contributed by atoms with van der Waals surface area (Å²) in [6.45, 7) is 1.36. The van der Waals surface area contributed by atoms with Gasteiger partial charge in [-0.05, 0) is 18.2 Å². The quantitative estimate of drug-likeness (QED) is 0.551. The Morgan fingerprint density at radius 2 is 2.15 bits per heavy atom. The molecule has 3 rings (SSSR count). The van der Waals surface area contributed by atoms with Crippen molar-refractivity contribution < 1.29 is 27.9 Å². The number of nitrogens with zero attached hydrogens (tertiary/aromatic N) is 1. The van der Waals surface area contributed by atoms with Crippen LogP contribution < -0.4 is 10.6 Å². The molecule has 0 aromatic heterocycles. The number of aliphatic hydroxyl groups excluding tert-OH is 1. The van der Waals surface area contributed by atoms with E-state index in [0.717, 1.165) is 4.31 Å². The highest BCUT2D eigenvalue weighted by Gasteiger charge is 2.41. The summed E-state index contributed by atoms with van der Waals surface area (Å²) in [5.74, 6) is -1.17. The van der Waals surface area contributed by atoms with E-state index >= 15 is 0 Å². The molecule has 0 spiro atoms. The van der Waals surface area contributed by atoms with E-state index in [9.17, 15) is 23.1 Å². The van der Waals surface area contributed by atoms with Crippen molar-refractivity contribution in [2.45, 2.75) is 11.0 Å². The minimum absolute atomic E-state index is 0. The topological polar surface area (TPSA) is 125 Å². The molecule has 1 aromatic carbocycles. The van der Waals surface area contributed by atoms with Gasteiger partial charge in [0.2, 0.25) is 0 Å². The van der Waals surface area contributed by atoms with Gasteiger partial charge in [-0.25, -0.2) is 12.7 Å². The Labute approximate surface area is 163 Å². The third kappa shape index (κ3) is 4.09. The average molecular weight is 420 g/mol. The third-order valence-corrected chi connectivity index (χ3v) is 6.42. The number of methoxy groups -OCH3 is 1. The Morgan fingerprint density at radius 1 is 1.41 bits per heavy atom. The van der Waals surface area contributed by atoms with Crippen molar-refractivity contribution in [3.63, 3.8) is 0 Å². The number of aliphatic hydroxyl groups is 1. The smallest absolute Gasteiger partial charge is 0.269 e. The van der Waals surface area contributed by atoms with Gasteiger partial charge in [0, 0.05) is 38.2 Å². The van der Waals surface area contributed by atoms with E-state index < -0.39 is 27.9 Å². The number of hydrogen-bond donors (Lipinski definition) is 3. The van der Waals surface area contributed by atoms with Crippen molar-refractivity contribution in [1.29, 1.82) is 0 Å². The molecule has 0 bridgehead atoms. The van der Waals surface area contributed by atoms with E-state index in [1.807, 2.05) is 0 Å². The third-order valence-electron chi connectivity index (χ3n) is 4.60. The summed E-state index contributed by atoms with van der Waals surface area (Å²) >= 11 is 0. The molecule has 2 heterocycles. The summed E-state index contributed by atoms with van der Waals surface area (Å²) in [6, 6.07) is 3.99.